The third-order valence-corrected chi connectivity index (χ3v) is 7.95. The number of fused-ring (bicyclic) bond motifs is 1. The van der Waals surface area contributed by atoms with E-state index < -0.39 is 15.9 Å². The summed E-state index contributed by atoms with van der Waals surface area (Å²) < 4.78 is 33.1. The molecule has 1 heterocycles. The van der Waals surface area contributed by atoms with Crippen molar-refractivity contribution in [3.05, 3.63) is 71.2 Å². The van der Waals surface area contributed by atoms with E-state index in [0.717, 1.165) is 16.3 Å². The van der Waals surface area contributed by atoms with Crippen LogP contribution in [-0.2, 0) is 21.4 Å². The molecule has 168 valence electrons. The van der Waals surface area contributed by atoms with Gasteiger partial charge < -0.3 is 10.1 Å². The molecule has 1 atom stereocenters. The Labute approximate surface area is 193 Å². The van der Waals surface area contributed by atoms with Crippen LogP contribution in [0.2, 0.25) is 5.02 Å². The molecule has 3 aromatic carbocycles. The van der Waals surface area contributed by atoms with Crippen molar-refractivity contribution < 1.29 is 17.9 Å². The summed E-state index contributed by atoms with van der Waals surface area (Å²) in [6, 6.07) is 18.5. The Morgan fingerprint density at radius 2 is 1.94 bits per heavy atom. The fraction of sp³-hybridized carbons (Fsp3) is 0.292. The smallest absolute Gasteiger partial charge is 0.246 e. The largest absolute Gasteiger partial charge is 0.495 e. The molecule has 0 spiro atoms. The molecule has 0 bridgehead atoms. The number of nitrogens with one attached hydrogen (secondary N) is 1. The quantitative estimate of drug-likeness (QED) is 0.582. The monoisotopic (exact) mass is 472 g/mol. The first-order valence-electron chi connectivity index (χ1n) is 10.5. The summed E-state index contributed by atoms with van der Waals surface area (Å²) in [4.78, 5) is 12.9. The standard InChI is InChI=1S/C24H25ClN2O4S/c1-31-22-12-11-20(25)14-23(22)32(29,30)27-13-5-9-19(16-27)24(28)26-15-18-8-4-7-17-6-2-3-10-21(17)18/h2-4,6-8,10-12,14,19H,5,9,13,15-16H2,1H3,(H,26,28)/t19-/m1/s1. The molecule has 3 aromatic rings. The van der Waals surface area contributed by atoms with Crippen LogP contribution in [0, 0.1) is 5.92 Å². The maximum Gasteiger partial charge on any atom is 0.246 e. The number of hydrogen-bond donors (Lipinski definition) is 1. The van der Waals surface area contributed by atoms with Crippen LogP contribution in [0.15, 0.2) is 65.6 Å². The third-order valence-electron chi connectivity index (χ3n) is 5.83. The second-order valence-electron chi connectivity index (χ2n) is 7.85. The highest BCUT2D eigenvalue weighted by atomic mass is 35.5. The minimum atomic E-state index is -3.85. The topological polar surface area (TPSA) is 75.7 Å². The lowest BCUT2D eigenvalue weighted by Gasteiger charge is -2.31. The van der Waals surface area contributed by atoms with Gasteiger partial charge in [0.05, 0.1) is 13.0 Å². The number of rotatable bonds is 6. The van der Waals surface area contributed by atoms with Crippen molar-refractivity contribution in [2.75, 3.05) is 20.2 Å². The Morgan fingerprint density at radius 1 is 1.16 bits per heavy atom. The van der Waals surface area contributed by atoms with Gasteiger partial charge in [-0.1, -0.05) is 54.1 Å². The van der Waals surface area contributed by atoms with Gasteiger partial charge in [-0.2, -0.15) is 4.31 Å². The SMILES string of the molecule is COc1ccc(Cl)cc1S(=O)(=O)N1CCC[C@@H](C(=O)NCc2cccc3ccccc23)C1. The average molecular weight is 473 g/mol. The molecule has 1 fully saturated rings. The van der Waals surface area contributed by atoms with Crippen molar-refractivity contribution in [1.82, 2.24) is 9.62 Å². The summed E-state index contributed by atoms with van der Waals surface area (Å²) in [5.41, 5.74) is 1.03. The van der Waals surface area contributed by atoms with Crippen LogP contribution < -0.4 is 10.1 Å². The number of amides is 1. The Morgan fingerprint density at radius 3 is 2.75 bits per heavy atom. The Hall–Kier alpha value is -2.61. The van der Waals surface area contributed by atoms with Gasteiger partial charge in [-0.3, -0.25) is 4.79 Å². The molecule has 1 aliphatic heterocycles. The van der Waals surface area contributed by atoms with E-state index >= 15 is 0 Å². The number of carbonyl (C=O) groups is 1. The molecule has 0 aliphatic carbocycles. The summed E-state index contributed by atoms with van der Waals surface area (Å²) in [5.74, 6) is -0.327. The molecule has 6 nitrogen and oxygen atoms in total. The fourth-order valence-corrected chi connectivity index (χ4v) is 6.08. The minimum absolute atomic E-state index is 0.0179. The first kappa shape index (κ1) is 22.6. The van der Waals surface area contributed by atoms with Crippen LogP contribution in [0.25, 0.3) is 10.8 Å². The molecule has 1 N–H and O–H groups in total. The Bertz CT molecular complexity index is 1240. The van der Waals surface area contributed by atoms with Gasteiger partial charge >= 0.3 is 0 Å². The molecule has 1 amide bonds. The second kappa shape index (κ2) is 9.48. The molecule has 1 saturated heterocycles. The molecule has 0 radical (unpaired) electrons. The van der Waals surface area contributed by atoms with Crippen LogP contribution in [0.5, 0.6) is 5.75 Å². The van der Waals surface area contributed by atoms with Crippen LogP contribution >= 0.6 is 11.6 Å². The van der Waals surface area contributed by atoms with Gasteiger partial charge in [0, 0.05) is 24.7 Å². The first-order chi connectivity index (χ1) is 15.4. The highest BCUT2D eigenvalue weighted by Crippen LogP contribution is 2.32. The van der Waals surface area contributed by atoms with Crippen molar-refractivity contribution in [3.63, 3.8) is 0 Å². The predicted molar refractivity (Wildman–Crippen MR) is 125 cm³/mol. The van der Waals surface area contributed by atoms with Gasteiger partial charge in [0.25, 0.3) is 0 Å². The first-order valence-corrected chi connectivity index (χ1v) is 12.3. The molecular formula is C24H25ClN2O4S. The Kier molecular flexibility index (Phi) is 6.69. The average Bonchev–Trinajstić information content (AvgIpc) is 2.82. The van der Waals surface area contributed by atoms with Gasteiger partial charge in [-0.05, 0) is 47.4 Å². The molecule has 8 heteroatoms. The molecule has 4 rings (SSSR count). The maximum absolute atomic E-state index is 13.3. The number of halogens is 1. The lowest BCUT2D eigenvalue weighted by molar-refractivity contribution is -0.126. The van der Waals surface area contributed by atoms with E-state index in [1.165, 1.54) is 23.5 Å². The van der Waals surface area contributed by atoms with E-state index in [0.29, 0.717) is 31.0 Å². The number of piperidine rings is 1. The molecule has 0 aromatic heterocycles. The van der Waals surface area contributed by atoms with Crippen molar-refractivity contribution >= 4 is 38.3 Å². The van der Waals surface area contributed by atoms with Crippen LogP contribution in [-0.4, -0.2) is 38.8 Å². The highest BCUT2D eigenvalue weighted by Gasteiger charge is 2.35. The van der Waals surface area contributed by atoms with Gasteiger partial charge in [-0.25, -0.2) is 8.42 Å². The van der Waals surface area contributed by atoms with Gasteiger partial charge in [0.15, 0.2) is 0 Å². The lowest BCUT2D eigenvalue weighted by Crippen LogP contribution is -2.45. The van der Waals surface area contributed by atoms with Crippen molar-refractivity contribution in [2.24, 2.45) is 5.92 Å². The predicted octanol–water partition coefficient (Wildman–Crippen LogP) is 4.22. The highest BCUT2D eigenvalue weighted by molar-refractivity contribution is 7.89. The molecule has 0 unspecified atom stereocenters. The van der Waals surface area contributed by atoms with E-state index in [9.17, 15) is 13.2 Å². The molecule has 0 saturated carbocycles. The normalized spacial score (nSPS) is 17.2. The van der Waals surface area contributed by atoms with Crippen molar-refractivity contribution in [3.8, 4) is 5.75 Å². The summed E-state index contributed by atoms with van der Waals surface area (Å²) in [7, 11) is -2.43. The van der Waals surface area contributed by atoms with E-state index in [4.69, 9.17) is 16.3 Å². The number of carbonyl (C=O) groups excluding carboxylic acids is 1. The van der Waals surface area contributed by atoms with Gasteiger partial charge in [-0.15, -0.1) is 0 Å². The van der Waals surface area contributed by atoms with Crippen LogP contribution in [0.3, 0.4) is 0 Å². The zero-order valence-electron chi connectivity index (χ0n) is 17.8. The van der Waals surface area contributed by atoms with Gasteiger partial charge in [0.2, 0.25) is 15.9 Å². The molecule has 1 aliphatic rings. The van der Waals surface area contributed by atoms with Crippen molar-refractivity contribution in [2.45, 2.75) is 24.3 Å². The number of ether oxygens (including phenoxy) is 1. The third kappa shape index (κ3) is 4.60. The number of methoxy groups -OCH3 is 1. The van der Waals surface area contributed by atoms with E-state index in [1.807, 2.05) is 42.5 Å². The van der Waals surface area contributed by atoms with Crippen LogP contribution in [0.4, 0.5) is 0 Å². The molecule has 32 heavy (non-hydrogen) atoms. The number of sulfonamides is 1. The maximum atomic E-state index is 13.3. The molecular weight excluding hydrogens is 448 g/mol. The van der Waals surface area contributed by atoms with E-state index in [1.54, 1.807) is 6.07 Å². The zero-order valence-corrected chi connectivity index (χ0v) is 19.3. The lowest BCUT2D eigenvalue weighted by atomic mass is 9.98. The Balaban J connectivity index is 1.48. The number of nitrogens with zero attached hydrogens (tertiary/aromatic N) is 1. The minimum Gasteiger partial charge on any atom is -0.495 e. The summed E-state index contributed by atoms with van der Waals surface area (Å²) in [5, 5.41) is 5.52. The summed E-state index contributed by atoms with van der Waals surface area (Å²) in [6.07, 6.45) is 1.24. The number of benzene rings is 3. The van der Waals surface area contributed by atoms with E-state index in [2.05, 4.69) is 5.32 Å². The zero-order chi connectivity index (χ0) is 22.7. The fourth-order valence-electron chi connectivity index (χ4n) is 4.14. The van der Waals surface area contributed by atoms with Crippen LogP contribution in [0.1, 0.15) is 18.4 Å². The van der Waals surface area contributed by atoms with Gasteiger partial charge in [0.1, 0.15) is 10.6 Å². The number of hydrogen-bond acceptors (Lipinski definition) is 4. The van der Waals surface area contributed by atoms with E-state index in [-0.39, 0.29) is 23.1 Å². The second-order valence-corrected chi connectivity index (χ2v) is 10.2. The van der Waals surface area contributed by atoms with Crippen molar-refractivity contribution in [1.29, 1.82) is 0 Å². The summed E-state index contributed by atoms with van der Waals surface area (Å²) >= 11 is 6.04. The summed E-state index contributed by atoms with van der Waals surface area (Å²) in [6.45, 7) is 0.871.